The number of amides is 1. The van der Waals surface area contributed by atoms with Crippen LogP contribution >= 0.6 is 23.7 Å². The average molecular weight is 492 g/mol. The number of rotatable bonds is 10. The summed E-state index contributed by atoms with van der Waals surface area (Å²) in [5.74, 6) is 1.12. The third-order valence-electron chi connectivity index (χ3n) is 5.45. The molecule has 0 radical (unpaired) electrons. The van der Waals surface area contributed by atoms with Crippen LogP contribution in [0.25, 0.3) is 10.2 Å². The number of ether oxygens (including phenoxy) is 2. The van der Waals surface area contributed by atoms with E-state index in [4.69, 9.17) is 14.5 Å². The molecular formula is C24H30ClN3O4S. The van der Waals surface area contributed by atoms with Gasteiger partial charge in [-0.05, 0) is 44.3 Å². The molecule has 0 atom stereocenters. The van der Waals surface area contributed by atoms with E-state index in [0.717, 1.165) is 17.8 Å². The minimum Gasteiger partial charge on any atom is -0.495 e. The van der Waals surface area contributed by atoms with Gasteiger partial charge in [0.1, 0.15) is 21.7 Å². The molecule has 1 aromatic heterocycles. The summed E-state index contributed by atoms with van der Waals surface area (Å²) in [6.45, 7) is 8.71. The van der Waals surface area contributed by atoms with E-state index >= 15 is 0 Å². The van der Waals surface area contributed by atoms with Gasteiger partial charge in [0.25, 0.3) is 5.91 Å². The first-order valence-electron chi connectivity index (χ1n) is 10.6. The predicted octanol–water partition coefficient (Wildman–Crippen LogP) is 4.93. The molecule has 2 aromatic carbocycles. The van der Waals surface area contributed by atoms with Crippen LogP contribution in [0.1, 0.15) is 41.5 Å². The number of halogens is 1. The zero-order chi connectivity index (χ0) is 23.3. The number of Topliss-reactive ketones (excluding diaryl/α,β-unsaturated/α-hetero) is 1. The zero-order valence-electron chi connectivity index (χ0n) is 19.6. The molecule has 0 saturated heterocycles. The highest BCUT2D eigenvalue weighted by Crippen LogP contribution is 2.40. The molecule has 0 N–H and O–H groups in total. The third-order valence-corrected chi connectivity index (χ3v) is 6.54. The summed E-state index contributed by atoms with van der Waals surface area (Å²) in [6.07, 6.45) is 0. The highest BCUT2D eigenvalue weighted by atomic mass is 35.5. The predicted molar refractivity (Wildman–Crippen MR) is 136 cm³/mol. The van der Waals surface area contributed by atoms with Crippen LogP contribution in [0.2, 0.25) is 0 Å². The second kappa shape index (κ2) is 12.0. The van der Waals surface area contributed by atoms with Gasteiger partial charge in [-0.2, -0.15) is 0 Å². The quantitative estimate of drug-likeness (QED) is 0.374. The Morgan fingerprint density at radius 3 is 2.03 bits per heavy atom. The summed E-state index contributed by atoms with van der Waals surface area (Å²) in [5, 5.41) is 0.579. The molecule has 1 amide bonds. The van der Waals surface area contributed by atoms with Gasteiger partial charge in [-0.15, -0.1) is 12.4 Å². The van der Waals surface area contributed by atoms with Crippen LogP contribution < -0.4 is 14.4 Å². The number of carbonyl (C=O) groups excluding carboxylic acids is 2. The Kier molecular flexibility index (Phi) is 9.64. The number of thiazole rings is 1. The number of fused-ring (bicyclic) bond motifs is 1. The monoisotopic (exact) mass is 491 g/mol. The first-order chi connectivity index (χ1) is 15.4. The molecule has 0 saturated carbocycles. The summed E-state index contributed by atoms with van der Waals surface area (Å²) < 4.78 is 11.8. The molecule has 3 rings (SSSR count). The molecule has 0 bridgehead atoms. The van der Waals surface area contributed by atoms with Crippen molar-refractivity contribution in [1.82, 2.24) is 9.88 Å². The van der Waals surface area contributed by atoms with Crippen LogP contribution in [0.3, 0.4) is 0 Å². The molecule has 0 spiro atoms. The number of methoxy groups -OCH3 is 2. The molecule has 0 aliphatic rings. The van der Waals surface area contributed by atoms with E-state index in [9.17, 15) is 9.59 Å². The minimum absolute atomic E-state index is 0. The van der Waals surface area contributed by atoms with Gasteiger partial charge in [0, 0.05) is 24.2 Å². The van der Waals surface area contributed by atoms with Crippen molar-refractivity contribution in [1.29, 1.82) is 0 Å². The lowest BCUT2D eigenvalue weighted by Crippen LogP contribution is -2.38. The molecule has 178 valence electrons. The van der Waals surface area contributed by atoms with Gasteiger partial charge in [-0.25, -0.2) is 4.98 Å². The number of ketones is 1. The number of carbonyl (C=O) groups is 2. The maximum Gasteiger partial charge on any atom is 0.260 e. The SMILES string of the molecule is CCN(CC)CCN(C(=O)c1ccc(C(C)=O)cc1)c1nc2c(OC)ccc(OC)c2s1.Cl. The standard InChI is InChI=1S/C24H29N3O4S.ClH/c1-6-26(7-2)14-15-27(23(29)18-10-8-17(9-11-18)16(3)28)24-25-21-19(30-4)12-13-20(31-5)22(21)32-24;/h8-13H,6-7,14-15H2,1-5H3;1H. The van der Waals surface area contributed by atoms with Gasteiger partial charge in [0.15, 0.2) is 10.9 Å². The molecule has 3 aromatic rings. The van der Waals surface area contributed by atoms with Crippen molar-refractivity contribution in [3.8, 4) is 11.5 Å². The summed E-state index contributed by atoms with van der Waals surface area (Å²) in [7, 11) is 3.21. The number of hydrogen-bond donors (Lipinski definition) is 0. The van der Waals surface area contributed by atoms with E-state index < -0.39 is 0 Å². The summed E-state index contributed by atoms with van der Waals surface area (Å²) >= 11 is 1.40. The average Bonchev–Trinajstić information content (AvgIpc) is 3.26. The Balaban J connectivity index is 0.00000385. The molecule has 7 nitrogen and oxygen atoms in total. The van der Waals surface area contributed by atoms with Gasteiger partial charge in [-0.3, -0.25) is 14.5 Å². The van der Waals surface area contributed by atoms with Crippen molar-refractivity contribution < 1.29 is 19.1 Å². The van der Waals surface area contributed by atoms with Crippen LogP contribution in [0.4, 0.5) is 5.13 Å². The fraction of sp³-hybridized carbons (Fsp3) is 0.375. The number of likely N-dealkylation sites (N-methyl/N-ethyl adjacent to an activating group) is 1. The molecule has 1 heterocycles. The molecule has 0 aliphatic carbocycles. The van der Waals surface area contributed by atoms with Crippen molar-refractivity contribution >= 4 is 50.8 Å². The number of benzene rings is 2. The van der Waals surface area contributed by atoms with Crippen LogP contribution in [0.15, 0.2) is 36.4 Å². The minimum atomic E-state index is -0.163. The Morgan fingerprint density at radius 1 is 0.909 bits per heavy atom. The first-order valence-corrected chi connectivity index (χ1v) is 11.4. The molecule has 33 heavy (non-hydrogen) atoms. The number of hydrogen-bond acceptors (Lipinski definition) is 7. The highest BCUT2D eigenvalue weighted by molar-refractivity contribution is 7.22. The molecule has 0 aliphatic heterocycles. The first kappa shape index (κ1) is 26.6. The fourth-order valence-corrected chi connectivity index (χ4v) is 4.56. The number of aromatic nitrogens is 1. The Hall–Kier alpha value is -2.68. The normalized spacial score (nSPS) is 10.7. The smallest absolute Gasteiger partial charge is 0.260 e. The summed E-state index contributed by atoms with van der Waals surface area (Å²) in [4.78, 5) is 33.9. The van der Waals surface area contributed by atoms with Crippen molar-refractivity contribution in [2.45, 2.75) is 20.8 Å². The third kappa shape index (κ3) is 5.82. The van der Waals surface area contributed by atoms with Crippen LogP contribution in [-0.2, 0) is 0 Å². The number of nitrogens with zero attached hydrogens (tertiary/aromatic N) is 3. The van der Waals surface area contributed by atoms with E-state index in [1.807, 2.05) is 12.1 Å². The van der Waals surface area contributed by atoms with E-state index in [1.165, 1.54) is 18.3 Å². The van der Waals surface area contributed by atoms with Crippen LogP contribution in [0, 0.1) is 0 Å². The van der Waals surface area contributed by atoms with Crippen molar-refractivity contribution in [2.24, 2.45) is 0 Å². The van der Waals surface area contributed by atoms with Crippen LogP contribution in [0.5, 0.6) is 11.5 Å². The second-order valence-corrected chi connectivity index (χ2v) is 8.24. The lowest BCUT2D eigenvalue weighted by atomic mass is 10.1. The maximum absolute atomic E-state index is 13.5. The fourth-order valence-electron chi connectivity index (χ4n) is 3.46. The molecule has 0 fully saturated rings. The van der Waals surface area contributed by atoms with Gasteiger partial charge >= 0.3 is 0 Å². The van der Waals surface area contributed by atoms with E-state index in [1.54, 1.807) is 43.4 Å². The Morgan fingerprint density at radius 2 is 1.48 bits per heavy atom. The lowest BCUT2D eigenvalue weighted by Gasteiger charge is -2.24. The summed E-state index contributed by atoms with van der Waals surface area (Å²) in [5.41, 5.74) is 1.75. The maximum atomic E-state index is 13.5. The molecule has 0 unspecified atom stereocenters. The number of anilines is 1. The van der Waals surface area contributed by atoms with Gasteiger partial charge < -0.3 is 14.4 Å². The van der Waals surface area contributed by atoms with Crippen LogP contribution in [-0.4, -0.2) is 62.0 Å². The topological polar surface area (TPSA) is 72.0 Å². The highest BCUT2D eigenvalue weighted by Gasteiger charge is 2.24. The molecule has 9 heteroatoms. The van der Waals surface area contributed by atoms with Crippen molar-refractivity contribution in [3.63, 3.8) is 0 Å². The molecular weight excluding hydrogens is 462 g/mol. The van der Waals surface area contributed by atoms with Crippen molar-refractivity contribution in [3.05, 3.63) is 47.5 Å². The largest absolute Gasteiger partial charge is 0.495 e. The van der Waals surface area contributed by atoms with Gasteiger partial charge in [0.05, 0.1) is 14.2 Å². The zero-order valence-corrected chi connectivity index (χ0v) is 21.2. The van der Waals surface area contributed by atoms with Crippen molar-refractivity contribution in [2.75, 3.05) is 45.3 Å². The Labute approximate surface area is 204 Å². The summed E-state index contributed by atoms with van der Waals surface area (Å²) in [6, 6.07) is 10.4. The second-order valence-electron chi connectivity index (χ2n) is 7.26. The van der Waals surface area contributed by atoms with Gasteiger partial charge in [0.2, 0.25) is 0 Å². The van der Waals surface area contributed by atoms with Gasteiger partial charge in [-0.1, -0.05) is 37.3 Å². The Bertz CT molecular complexity index is 1060. The van der Waals surface area contributed by atoms with E-state index in [-0.39, 0.29) is 24.1 Å². The van der Waals surface area contributed by atoms with E-state index in [2.05, 4.69) is 18.7 Å². The van der Waals surface area contributed by atoms with E-state index in [0.29, 0.717) is 46.4 Å². The lowest BCUT2D eigenvalue weighted by molar-refractivity contribution is 0.0980.